The molecule has 0 saturated heterocycles. The lowest BCUT2D eigenvalue weighted by Gasteiger charge is -2.42. The topological polar surface area (TPSA) is 38.1 Å². The van der Waals surface area contributed by atoms with Gasteiger partial charge in [0.1, 0.15) is 0 Å². The molecule has 0 bridgehead atoms. The first-order valence-electron chi connectivity index (χ1n) is 7.54. The van der Waals surface area contributed by atoms with E-state index in [0.29, 0.717) is 5.41 Å². The van der Waals surface area contributed by atoms with Crippen molar-refractivity contribution in [3.8, 4) is 0 Å². The lowest BCUT2D eigenvalue weighted by molar-refractivity contribution is -0.0276. The fraction of sp³-hybridized carbons (Fsp3) is 0.812. The predicted octanol–water partition coefficient (Wildman–Crippen LogP) is 3.32. The zero-order valence-electron chi connectivity index (χ0n) is 12.8. The van der Waals surface area contributed by atoms with E-state index in [-0.39, 0.29) is 0 Å². The number of aliphatic hydroxyl groups is 1. The third-order valence-corrected chi connectivity index (χ3v) is 5.22. The second kappa shape index (κ2) is 5.28. The van der Waals surface area contributed by atoms with Crippen molar-refractivity contribution in [1.29, 1.82) is 0 Å². The summed E-state index contributed by atoms with van der Waals surface area (Å²) in [5, 5.41) is 14.9. The molecular weight excluding hydrogens is 236 g/mol. The van der Waals surface area contributed by atoms with Crippen molar-refractivity contribution < 1.29 is 5.11 Å². The normalized spacial score (nSPS) is 28.6. The smallest absolute Gasteiger partial charge is 0.0689 e. The zero-order valence-corrected chi connectivity index (χ0v) is 12.8. The van der Waals surface area contributed by atoms with Gasteiger partial charge in [0.25, 0.3) is 0 Å². The van der Waals surface area contributed by atoms with Crippen LogP contribution in [0.4, 0.5) is 0 Å². The Morgan fingerprint density at radius 1 is 1.42 bits per heavy atom. The van der Waals surface area contributed by atoms with Crippen molar-refractivity contribution in [3.63, 3.8) is 0 Å². The van der Waals surface area contributed by atoms with Crippen molar-refractivity contribution in [2.75, 3.05) is 0 Å². The van der Waals surface area contributed by atoms with Gasteiger partial charge in [0.2, 0.25) is 0 Å². The molecule has 1 saturated carbocycles. The Kier molecular flexibility index (Phi) is 4.05. The lowest BCUT2D eigenvalue weighted by atomic mass is 9.65. The van der Waals surface area contributed by atoms with Crippen LogP contribution >= 0.6 is 0 Å². The van der Waals surface area contributed by atoms with Gasteiger partial charge in [0.15, 0.2) is 0 Å². The minimum atomic E-state index is -0.511. The molecule has 1 fully saturated rings. The van der Waals surface area contributed by atoms with E-state index in [2.05, 4.69) is 25.9 Å². The molecule has 2 rings (SSSR count). The molecule has 0 aromatic carbocycles. The molecule has 108 valence electrons. The van der Waals surface area contributed by atoms with Crippen molar-refractivity contribution in [1.82, 2.24) is 9.78 Å². The van der Waals surface area contributed by atoms with E-state index < -0.39 is 5.60 Å². The molecule has 1 aromatic heterocycles. The molecule has 0 atom stereocenters. The molecule has 1 N–H and O–H groups in total. The number of hydrogen-bond donors (Lipinski definition) is 1. The molecule has 1 heterocycles. The summed E-state index contributed by atoms with van der Waals surface area (Å²) in [5.74, 6) is 0.756. The number of hydrogen-bond acceptors (Lipinski definition) is 2. The van der Waals surface area contributed by atoms with Gasteiger partial charge in [0.05, 0.1) is 11.8 Å². The first kappa shape index (κ1) is 14.6. The molecule has 3 heteroatoms. The summed E-state index contributed by atoms with van der Waals surface area (Å²) in [5.41, 5.74) is 1.05. The van der Waals surface area contributed by atoms with E-state index in [1.807, 2.05) is 24.1 Å². The average molecular weight is 264 g/mol. The van der Waals surface area contributed by atoms with Crippen LogP contribution in [0.1, 0.15) is 58.4 Å². The number of aromatic nitrogens is 2. The van der Waals surface area contributed by atoms with E-state index in [1.54, 1.807) is 0 Å². The van der Waals surface area contributed by atoms with Gasteiger partial charge < -0.3 is 5.11 Å². The van der Waals surface area contributed by atoms with Crippen molar-refractivity contribution in [2.45, 2.75) is 64.9 Å². The fourth-order valence-corrected chi connectivity index (χ4v) is 3.35. The molecule has 0 amide bonds. The summed E-state index contributed by atoms with van der Waals surface area (Å²) in [4.78, 5) is 0. The third kappa shape index (κ3) is 3.38. The standard InChI is InChI=1S/C16H28N2O/c1-5-15(2,3)14-6-8-16(19,9-7-14)10-13-11-17-18(4)12-13/h11-12,14,19H,5-10H2,1-4H3. The highest BCUT2D eigenvalue weighted by Gasteiger charge is 2.38. The number of rotatable bonds is 4. The summed E-state index contributed by atoms with van der Waals surface area (Å²) in [6.45, 7) is 7.00. The summed E-state index contributed by atoms with van der Waals surface area (Å²) in [6.07, 6.45) is 10.0. The molecule has 0 spiro atoms. The van der Waals surface area contributed by atoms with Gasteiger partial charge in [-0.05, 0) is 42.6 Å². The van der Waals surface area contributed by atoms with Gasteiger partial charge in [-0.25, -0.2) is 0 Å². The summed E-state index contributed by atoms with van der Waals surface area (Å²) >= 11 is 0. The zero-order chi connectivity index (χ0) is 14.1. The maximum absolute atomic E-state index is 10.8. The molecule has 1 aromatic rings. The second-order valence-electron chi connectivity index (χ2n) is 7.04. The third-order valence-electron chi connectivity index (χ3n) is 5.22. The van der Waals surface area contributed by atoms with Crippen LogP contribution in [0.2, 0.25) is 0 Å². The molecule has 3 nitrogen and oxygen atoms in total. The van der Waals surface area contributed by atoms with Crippen molar-refractivity contribution in [2.24, 2.45) is 18.4 Å². The summed E-state index contributed by atoms with van der Waals surface area (Å²) in [6, 6.07) is 0. The van der Waals surface area contributed by atoms with Gasteiger partial charge in [0, 0.05) is 19.7 Å². The largest absolute Gasteiger partial charge is 0.390 e. The van der Waals surface area contributed by atoms with Crippen LogP contribution < -0.4 is 0 Å². The Hall–Kier alpha value is -0.830. The van der Waals surface area contributed by atoms with E-state index in [1.165, 1.54) is 6.42 Å². The van der Waals surface area contributed by atoms with Crippen molar-refractivity contribution in [3.05, 3.63) is 18.0 Å². The van der Waals surface area contributed by atoms with Crippen LogP contribution in [0, 0.1) is 11.3 Å². The van der Waals surface area contributed by atoms with Crippen LogP contribution in [-0.2, 0) is 13.5 Å². The van der Waals surface area contributed by atoms with E-state index in [4.69, 9.17) is 0 Å². The van der Waals surface area contributed by atoms with Crippen LogP contribution in [0.15, 0.2) is 12.4 Å². The number of nitrogens with zero attached hydrogens (tertiary/aromatic N) is 2. The monoisotopic (exact) mass is 264 g/mol. The second-order valence-corrected chi connectivity index (χ2v) is 7.04. The SMILES string of the molecule is CCC(C)(C)C1CCC(O)(Cc2cnn(C)c2)CC1. The lowest BCUT2D eigenvalue weighted by Crippen LogP contribution is -2.39. The van der Waals surface area contributed by atoms with E-state index in [9.17, 15) is 5.11 Å². The van der Waals surface area contributed by atoms with Gasteiger partial charge in [-0.2, -0.15) is 5.10 Å². The maximum atomic E-state index is 10.8. The molecule has 0 radical (unpaired) electrons. The fourth-order valence-electron chi connectivity index (χ4n) is 3.35. The maximum Gasteiger partial charge on any atom is 0.0689 e. The quantitative estimate of drug-likeness (QED) is 0.906. The highest BCUT2D eigenvalue weighted by Crippen LogP contribution is 2.44. The molecule has 0 unspecified atom stereocenters. The van der Waals surface area contributed by atoms with Crippen LogP contribution in [0.5, 0.6) is 0 Å². The van der Waals surface area contributed by atoms with Gasteiger partial charge in [-0.3, -0.25) is 4.68 Å². The summed E-state index contributed by atoms with van der Waals surface area (Å²) < 4.78 is 1.81. The average Bonchev–Trinajstić information content (AvgIpc) is 2.74. The first-order valence-corrected chi connectivity index (χ1v) is 7.54. The Labute approximate surface area is 117 Å². The minimum Gasteiger partial charge on any atom is -0.390 e. The van der Waals surface area contributed by atoms with Gasteiger partial charge in [-0.15, -0.1) is 0 Å². The number of aryl methyl sites for hydroxylation is 1. The molecule has 1 aliphatic rings. The Morgan fingerprint density at radius 2 is 2.05 bits per heavy atom. The molecular formula is C16H28N2O. The molecule has 1 aliphatic carbocycles. The minimum absolute atomic E-state index is 0.412. The highest BCUT2D eigenvalue weighted by atomic mass is 16.3. The van der Waals surface area contributed by atoms with E-state index in [0.717, 1.165) is 43.6 Å². The predicted molar refractivity (Wildman–Crippen MR) is 77.9 cm³/mol. The highest BCUT2D eigenvalue weighted by molar-refractivity contribution is 5.09. The van der Waals surface area contributed by atoms with Gasteiger partial charge >= 0.3 is 0 Å². The van der Waals surface area contributed by atoms with Crippen LogP contribution in [0.25, 0.3) is 0 Å². The van der Waals surface area contributed by atoms with E-state index >= 15 is 0 Å². The summed E-state index contributed by atoms with van der Waals surface area (Å²) in [7, 11) is 1.92. The van der Waals surface area contributed by atoms with Crippen LogP contribution in [-0.4, -0.2) is 20.5 Å². The Morgan fingerprint density at radius 3 is 2.53 bits per heavy atom. The first-order chi connectivity index (χ1) is 8.85. The Balaban J connectivity index is 1.94. The Bertz CT molecular complexity index is 414. The molecule has 0 aliphatic heterocycles. The van der Waals surface area contributed by atoms with Crippen molar-refractivity contribution >= 4 is 0 Å². The van der Waals surface area contributed by atoms with Gasteiger partial charge in [-0.1, -0.05) is 27.2 Å². The molecule has 19 heavy (non-hydrogen) atoms. The van der Waals surface area contributed by atoms with Crippen LogP contribution in [0.3, 0.4) is 0 Å².